The van der Waals surface area contributed by atoms with Crippen LogP contribution in [0.15, 0.2) is 0 Å². The van der Waals surface area contributed by atoms with Crippen molar-refractivity contribution in [3.8, 4) is 0 Å². The van der Waals surface area contributed by atoms with Gasteiger partial charge in [-0.05, 0) is 44.4 Å². The van der Waals surface area contributed by atoms with Crippen molar-refractivity contribution in [1.82, 2.24) is 14.6 Å². The van der Waals surface area contributed by atoms with E-state index in [1.807, 2.05) is 14.0 Å². The summed E-state index contributed by atoms with van der Waals surface area (Å²) in [4.78, 5) is 14.7. The predicted molar refractivity (Wildman–Crippen MR) is 79.0 cm³/mol. The number of aryl methyl sites for hydroxylation is 1. The van der Waals surface area contributed by atoms with E-state index in [0.29, 0.717) is 11.6 Å². The van der Waals surface area contributed by atoms with Gasteiger partial charge in [0, 0.05) is 19.6 Å². The molecule has 0 unspecified atom stereocenters. The van der Waals surface area contributed by atoms with Crippen molar-refractivity contribution in [2.45, 2.75) is 32.7 Å². The number of nitrogens with one attached hydrogen (secondary N) is 2. The summed E-state index contributed by atoms with van der Waals surface area (Å²) in [5.41, 5.74) is 1.49. The number of nitrogens with zero attached hydrogens (tertiary/aromatic N) is 2. The van der Waals surface area contributed by atoms with Gasteiger partial charge in [-0.2, -0.15) is 4.37 Å². The topological polar surface area (TPSA) is 57.3 Å². The molecule has 0 bridgehead atoms. The smallest absolute Gasteiger partial charge is 0.256 e. The second kappa shape index (κ2) is 6.34. The van der Waals surface area contributed by atoms with Crippen molar-refractivity contribution in [3.05, 3.63) is 11.3 Å². The molecule has 1 aliphatic heterocycles. The van der Waals surface area contributed by atoms with Crippen molar-refractivity contribution in [2.24, 2.45) is 0 Å². The molecule has 1 amide bonds. The third-order valence-corrected chi connectivity index (χ3v) is 4.68. The van der Waals surface area contributed by atoms with Gasteiger partial charge in [0.05, 0.1) is 11.3 Å². The van der Waals surface area contributed by atoms with Crippen molar-refractivity contribution >= 4 is 22.4 Å². The predicted octanol–water partition coefficient (Wildman–Crippen LogP) is 1.71. The molecule has 1 aromatic heterocycles. The van der Waals surface area contributed by atoms with Gasteiger partial charge < -0.3 is 10.6 Å². The van der Waals surface area contributed by atoms with E-state index in [4.69, 9.17) is 0 Å². The molecule has 19 heavy (non-hydrogen) atoms. The summed E-state index contributed by atoms with van der Waals surface area (Å²) < 4.78 is 4.23. The van der Waals surface area contributed by atoms with E-state index >= 15 is 0 Å². The number of hydrogen-bond acceptors (Lipinski definition) is 5. The number of hydrogen-bond donors (Lipinski definition) is 2. The molecule has 1 saturated heterocycles. The van der Waals surface area contributed by atoms with Gasteiger partial charge in [-0.1, -0.05) is 6.92 Å². The van der Waals surface area contributed by atoms with Gasteiger partial charge in [0.25, 0.3) is 5.91 Å². The Labute approximate surface area is 118 Å². The molecule has 0 aliphatic carbocycles. The molecule has 1 aliphatic rings. The van der Waals surface area contributed by atoms with Crippen LogP contribution in [0.25, 0.3) is 0 Å². The summed E-state index contributed by atoms with van der Waals surface area (Å²) in [6.45, 7) is 6.98. The highest BCUT2D eigenvalue weighted by molar-refractivity contribution is 7.10. The Kier molecular flexibility index (Phi) is 4.76. The van der Waals surface area contributed by atoms with E-state index in [0.717, 1.165) is 30.3 Å². The van der Waals surface area contributed by atoms with Crippen LogP contribution >= 0.6 is 11.5 Å². The lowest BCUT2D eigenvalue weighted by Crippen LogP contribution is -2.40. The first kappa shape index (κ1) is 14.3. The minimum atomic E-state index is -0.0152. The Morgan fingerprint density at radius 3 is 3.05 bits per heavy atom. The maximum atomic E-state index is 12.3. The van der Waals surface area contributed by atoms with E-state index in [9.17, 15) is 4.79 Å². The third kappa shape index (κ3) is 3.06. The first-order chi connectivity index (χ1) is 9.17. The molecule has 0 aromatic carbocycles. The lowest BCUT2D eigenvalue weighted by atomic mass is 10.2. The summed E-state index contributed by atoms with van der Waals surface area (Å²) in [6, 6.07) is 0.485. The Bertz CT molecular complexity index is 446. The van der Waals surface area contributed by atoms with E-state index in [2.05, 4.69) is 26.8 Å². The van der Waals surface area contributed by atoms with Crippen molar-refractivity contribution < 1.29 is 4.79 Å². The zero-order valence-corrected chi connectivity index (χ0v) is 12.6. The minimum Gasteiger partial charge on any atom is -0.378 e. The molecule has 1 fully saturated rings. The maximum absolute atomic E-state index is 12.3. The van der Waals surface area contributed by atoms with Crippen LogP contribution < -0.4 is 10.6 Å². The molecule has 1 atom stereocenters. The summed E-state index contributed by atoms with van der Waals surface area (Å²) in [6.07, 6.45) is 2.41. The average Bonchev–Trinajstić information content (AvgIpc) is 3.01. The number of carbonyl (C=O) groups excluding carboxylic acids is 1. The molecule has 2 rings (SSSR count). The van der Waals surface area contributed by atoms with Crippen LogP contribution in [-0.2, 0) is 0 Å². The molecule has 0 spiro atoms. The van der Waals surface area contributed by atoms with Gasteiger partial charge >= 0.3 is 0 Å². The average molecular weight is 282 g/mol. The molecular weight excluding hydrogens is 260 g/mol. The highest BCUT2D eigenvalue weighted by Gasteiger charge is 2.24. The molecule has 0 saturated carbocycles. The van der Waals surface area contributed by atoms with Crippen LogP contribution in [0.4, 0.5) is 5.00 Å². The van der Waals surface area contributed by atoms with Gasteiger partial charge in [-0.15, -0.1) is 0 Å². The summed E-state index contributed by atoms with van der Waals surface area (Å²) in [5, 5.41) is 6.92. The quantitative estimate of drug-likeness (QED) is 0.863. The standard InChI is InChI=1S/C13H22N4OS/c1-4-17-7-5-6-10(17)8-15-12(18)11-9(2)16-19-13(11)14-3/h10,14H,4-8H2,1-3H3,(H,15,18)/t10-/m1/s1. The van der Waals surface area contributed by atoms with Crippen LogP contribution in [0.1, 0.15) is 35.8 Å². The molecular formula is C13H22N4OS. The van der Waals surface area contributed by atoms with E-state index in [-0.39, 0.29) is 5.91 Å². The fraction of sp³-hybridized carbons (Fsp3) is 0.692. The minimum absolute atomic E-state index is 0.0152. The normalized spacial score (nSPS) is 19.6. The monoisotopic (exact) mass is 282 g/mol. The van der Waals surface area contributed by atoms with Crippen molar-refractivity contribution in [2.75, 3.05) is 32.0 Å². The first-order valence-corrected chi connectivity index (χ1v) is 7.61. The molecule has 106 valence electrons. The van der Waals surface area contributed by atoms with Crippen LogP contribution in [0.3, 0.4) is 0 Å². The number of likely N-dealkylation sites (tertiary alicyclic amines) is 1. The van der Waals surface area contributed by atoms with E-state index in [1.165, 1.54) is 24.4 Å². The number of likely N-dealkylation sites (N-methyl/N-ethyl adjacent to an activating group) is 1. The molecule has 6 heteroatoms. The fourth-order valence-corrected chi connectivity index (χ4v) is 3.39. The number of amides is 1. The molecule has 0 radical (unpaired) electrons. The Morgan fingerprint density at radius 1 is 1.58 bits per heavy atom. The number of carbonyl (C=O) groups is 1. The summed E-state index contributed by atoms with van der Waals surface area (Å²) >= 11 is 1.34. The number of anilines is 1. The van der Waals surface area contributed by atoms with Gasteiger partial charge in [0.1, 0.15) is 5.00 Å². The van der Waals surface area contributed by atoms with Gasteiger partial charge in [-0.25, -0.2) is 0 Å². The fourth-order valence-electron chi connectivity index (χ4n) is 2.65. The number of rotatable bonds is 5. The highest BCUT2D eigenvalue weighted by atomic mass is 32.1. The summed E-state index contributed by atoms with van der Waals surface area (Å²) in [5.74, 6) is -0.0152. The second-order valence-corrected chi connectivity index (χ2v) is 5.63. The Balaban J connectivity index is 1.96. The van der Waals surface area contributed by atoms with Crippen molar-refractivity contribution in [1.29, 1.82) is 0 Å². The highest BCUT2D eigenvalue weighted by Crippen LogP contribution is 2.23. The summed E-state index contributed by atoms with van der Waals surface area (Å²) in [7, 11) is 1.82. The largest absolute Gasteiger partial charge is 0.378 e. The Morgan fingerprint density at radius 2 is 2.37 bits per heavy atom. The van der Waals surface area contributed by atoms with E-state index < -0.39 is 0 Å². The number of aromatic nitrogens is 1. The maximum Gasteiger partial charge on any atom is 0.256 e. The third-order valence-electron chi connectivity index (χ3n) is 3.72. The van der Waals surface area contributed by atoms with Crippen LogP contribution in [0, 0.1) is 6.92 Å². The van der Waals surface area contributed by atoms with Gasteiger partial charge in [0.15, 0.2) is 0 Å². The van der Waals surface area contributed by atoms with Gasteiger partial charge in [-0.3, -0.25) is 9.69 Å². The zero-order chi connectivity index (χ0) is 13.8. The van der Waals surface area contributed by atoms with Gasteiger partial charge in [0.2, 0.25) is 0 Å². The van der Waals surface area contributed by atoms with E-state index in [1.54, 1.807) is 0 Å². The SMILES string of the molecule is CCN1CCC[C@@H]1CNC(=O)c1c(C)nsc1NC. The molecule has 1 aromatic rings. The van der Waals surface area contributed by atoms with Crippen molar-refractivity contribution in [3.63, 3.8) is 0 Å². The lowest BCUT2D eigenvalue weighted by molar-refractivity contribution is 0.0941. The molecule has 2 heterocycles. The zero-order valence-electron chi connectivity index (χ0n) is 11.8. The molecule has 5 nitrogen and oxygen atoms in total. The van der Waals surface area contributed by atoms with Crippen LogP contribution in [0.5, 0.6) is 0 Å². The Hall–Kier alpha value is -1.14. The van der Waals surface area contributed by atoms with Crippen LogP contribution in [0.2, 0.25) is 0 Å². The molecule has 2 N–H and O–H groups in total. The lowest BCUT2D eigenvalue weighted by Gasteiger charge is -2.22. The second-order valence-electron chi connectivity index (χ2n) is 4.86. The van der Waals surface area contributed by atoms with Crippen LogP contribution in [-0.4, -0.2) is 47.9 Å². The first-order valence-electron chi connectivity index (χ1n) is 6.83.